The molecular formula is C21H25N3O2. The molecular weight excluding hydrogens is 326 g/mol. The summed E-state index contributed by atoms with van der Waals surface area (Å²) in [6, 6.07) is 16.9. The lowest BCUT2D eigenvalue weighted by atomic mass is 10.0. The Morgan fingerprint density at radius 3 is 2.42 bits per heavy atom. The Kier molecular flexibility index (Phi) is 5.18. The van der Waals surface area contributed by atoms with Gasteiger partial charge in [-0.05, 0) is 36.1 Å². The lowest BCUT2D eigenvalue weighted by Gasteiger charge is -2.13. The molecule has 0 amide bonds. The highest BCUT2D eigenvalue weighted by molar-refractivity contribution is 5.99. The van der Waals surface area contributed by atoms with Gasteiger partial charge in [-0.15, -0.1) is 0 Å². The Bertz CT molecular complexity index is 750. The van der Waals surface area contributed by atoms with E-state index in [1.165, 1.54) is 11.1 Å². The Balaban J connectivity index is 1.33. The van der Waals surface area contributed by atoms with Gasteiger partial charge in [-0.3, -0.25) is 10.0 Å². The summed E-state index contributed by atoms with van der Waals surface area (Å²) >= 11 is 0. The number of aliphatic imine (C=N–C) groups is 1. The minimum Gasteiger partial charge on any atom is -0.493 e. The van der Waals surface area contributed by atoms with Crippen molar-refractivity contribution in [2.45, 2.75) is 12.8 Å². The predicted octanol–water partition coefficient (Wildman–Crippen LogP) is 2.63. The monoisotopic (exact) mass is 351 g/mol. The van der Waals surface area contributed by atoms with Crippen LogP contribution in [-0.4, -0.2) is 43.8 Å². The highest BCUT2D eigenvalue weighted by atomic mass is 16.5. The van der Waals surface area contributed by atoms with Crippen LogP contribution in [-0.2, 0) is 11.2 Å². The lowest BCUT2D eigenvalue weighted by Crippen LogP contribution is -2.34. The summed E-state index contributed by atoms with van der Waals surface area (Å²) in [5.41, 5.74) is 3.62. The maximum Gasteiger partial charge on any atom is 0.145 e. The first kappa shape index (κ1) is 17.1. The van der Waals surface area contributed by atoms with Crippen molar-refractivity contribution in [1.82, 2.24) is 5.01 Å². The molecule has 2 N–H and O–H groups in total. The van der Waals surface area contributed by atoms with Crippen LogP contribution in [0.15, 0.2) is 53.5 Å². The maximum absolute atomic E-state index is 5.93. The summed E-state index contributed by atoms with van der Waals surface area (Å²) in [6.45, 7) is 3.99. The minimum absolute atomic E-state index is 0.530. The predicted molar refractivity (Wildman–Crippen MR) is 102 cm³/mol. The molecule has 1 atom stereocenters. The van der Waals surface area contributed by atoms with Crippen molar-refractivity contribution in [3.05, 3.63) is 65.2 Å². The third kappa shape index (κ3) is 4.06. The van der Waals surface area contributed by atoms with Gasteiger partial charge in [0.15, 0.2) is 0 Å². The van der Waals surface area contributed by atoms with Crippen molar-refractivity contribution in [3.63, 3.8) is 0 Å². The van der Waals surface area contributed by atoms with Crippen LogP contribution >= 0.6 is 0 Å². The number of nitrogens with two attached hydrogens (primary N) is 1. The second-order valence-electron chi connectivity index (χ2n) is 6.96. The second kappa shape index (κ2) is 7.89. The summed E-state index contributed by atoms with van der Waals surface area (Å²) in [7, 11) is 0. The van der Waals surface area contributed by atoms with Gasteiger partial charge in [0.25, 0.3) is 0 Å². The highest BCUT2D eigenvalue weighted by Crippen LogP contribution is 2.19. The normalized spacial score (nSPS) is 19.7. The SMILES string of the molecule is NN1CCN=C1c1ccc(Cc2ccc(OCC3CCOC3)cc2)cc1. The van der Waals surface area contributed by atoms with E-state index in [1.807, 2.05) is 0 Å². The van der Waals surface area contributed by atoms with E-state index in [1.54, 1.807) is 5.01 Å². The van der Waals surface area contributed by atoms with Gasteiger partial charge in [-0.1, -0.05) is 36.4 Å². The molecule has 26 heavy (non-hydrogen) atoms. The van der Waals surface area contributed by atoms with Crippen molar-refractivity contribution < 1.29 is 9.47 Å². The molecule has 2 aromatic carbocycles. The van der Waals surface area contributed by atoms with Crippen LogP contribution in [0, 0.1) is 5.92 Å². The van der Waals surface area contributed by atoms with E-state index in [4.69, 9.17) is 15.3 Å². The summed E-state index contributed by atoms with van der Waals surface area (Å²) in [5.74, 6) is 8.27. The first-order valence-corrected chi connectivity index (χ1v) is 9.23. The second-order valence-corrected chi connectivity index (χ2v) is 6.96. The fourth-order valence-electron chi connectivity index (χ4n) is 3.36. The zero-order chi connectivity index (χ0) is 17.8. The van der Waals surface area contributed by atoms with Gasteiger partial charge in [0.1, 0.15) is 11.6 Å². The fourth-order valence-corrected chi connectivity index (χ4v) is 3.36. The molecule has 2 aliphatic rings. The molecule has 0 aliphatic carbocycles. The third-order valence-electron chi connectivity index (χ3n) is 4.93. The highest BCUT2D eigenvalue weighted by Gasteiger charge is 2.16. The van der Waals surface area contributed by atoms with Crippen molar-refractivity contribution >= 4 is 5.84 Å². The molecule has 0 saturated carbocycles. The molecule has 2 heterocycles. The van der Waals surface area contributed by atoms with Crippen molar-refractivity contribution in [2.24, 2.45) is 16.8 Å². The van der Waals surface area contributed by atoms with Crippen LogP contribution in [0.5, 0.6) is 5.75 Å². The maximum atomic E-state index is 5.93. The Hall–Kier alpha value is -2.37. The van der Waals surface area contributed by atoms with E-state index in [9.17, 15) is 0 Å². The molecule has 5 heteroatoms. The van der Waals surface area contributed by atoms with Gasteiger partial charge in [0.2, 0.25) is 0 Å². The lowest BCUT2D eigenvalue weighted by molar-refractivity contribution is 0.167. The Morgan fingerprint density at radius 1 is 1.08 bits per heavy atom. The number of rotatable bonds is 6. The summed E-state index contributed by atoms with van der Waals surface area (Å²) in [6.07, 6.45) is 2.00. The molecule has 1 fully saturated rings. The van der Waals surface area contributed by atoms with E-state index in [-0.39, 0.29) is 0 Å². The van der Waals surface area contributed by atoms with E-state index in [0.29, 0.717) is 5.92 Å². The van der Waals surface area contributed by atoms with Crippen LogP contribution in [0.4, 0.5) is 0 Å². The van der Waals surface area contributed by atoms with Gasteiger partial charge < -0.3 is 9.47 Å². The molecule has 0 spiro atoms. The number of nitrogens with zero attached hydrogens (tertiary/aromatic N) is 2. The first-order chi connectivity index (χ1) is 12.8. The van der Waals surface area contributed by atoms with E-state index in [2.05, 4.69) is 53.5 Å². The Labute approximate surface area is 154 Å². The number of hydrogen-bond donors (Lipinski definition) is 1. The third-order valence-corrected chi connectivity index (χ3v) is 4.93. The molecule has 2 aromatic rings. The van der Waals surface area contributed by atoms with Gasteiger partial charge in [-0.25, -0.2) is 5.84 Å². The van der Waals surface area contributed by atoms with Crippen molar-refractivity contribution in [3.8, 4) is 5.75 Å². The average molecular weight is 351 g/mol. The Morgan fingerprint density at radius 2 is 1.81 bits per heavy atom. The van der Waals surface area contributed by atoms with Crippen LogP contribution in [0.2, 0.25) is 0 Å². The molecule has 1 unspecified atom stereocenters. The van der Waals surface area contributed by atoms with Crippen LogP contribution in [0.3, 0.4) is 0 Å². The molecule has 0 bridgehead atoms. The molecule has 0 aromatic heterocycles. The van der Waals surface area contributed by atoms with Crippen molar-refractivity contribution in [1.29, 1.82) is 0 Å². The van der Waals surface area contributed by atoms with E-state index < -0.39 is 0 Å². The summed E-state index contributed by atoms with van der Waals surface area (Å²) in [4.78, 5) is 4.45. The fraction of sp³-hybridized carbons (Fsp3) is 0.381. The van der Waals surface area contributed by atoms with E-state index >= 15 is 0 Å². The number of ether oxygens (including phenoxy) is 2. The topological polar surface area (TPSA) is 60.1 Å². The molecule has 1 saturated heterocycles. The molecule has 2 aliphatic heterocycles. The number of amidine groups is 1. The molecule has 0 radical (unpaired) electrons. The quantitative estimate of drug-likeness (QED) is 0.813. The van der Waals surface area contributed by atoms with Gasteiger partial charge in [0, 0.05) is 18.1 Å². The number of benzene rings is 2. The average Bonchev–Trinajstić information content (AvgIpc) is 3.34. The molecule has 5 nitrogen and oxygen atoms in total. The van der Waals surface area contributed by atoms with Crippen molar-refractivity contribution in [2.75, 3.05) is 32.9 Å². The smallest absolute Gasteiger partial charge is 0.145 e. The first-order valence-electron chi connectivity index (χ1n) is 9.23. The minimum atomic E-state index is 0.530. The summed E-state index contributed by atoms with van der Waals surface area (Å²) in [5, 5.41) is 1.71. The zero-order valence-electron chi connectivity index (χ0n) is 14.9. The molecule has 4 rings (SSSR count). The van der Waals surface area contributed by atoms with Crippen LogP contribution < -0.4 is 10.6 Å². The molecule has 136 valence electrons. The van der Waals surface area contributed by atoms with Gasteiger partial charge >= 0.3 is 0 Å². The number of hydrogen-bond acceptors (Lipinski definition) is 5. The number of hydrazine groups is 1. The van der Waals surface area contributed by atoms with Crippen LogP contribution in [0.1, 0.15) is 23.1 Å². The zero-order valence-corrected chi connectivity index (χ0v) is 14.9. The largest absolute Gasteiger partial charge is 0.493 e. The van der Waals surface area contributed by atoms with Gasteiger partial charge in [-0.2, -0.15) is 0 Å². The van der Waals surface area contributed by atoms with Crippen LogP contribution in [0.25, 0.3) is 0 Å². The standard InChI is InChI=1S/C21H25N3O2/c22-24-11-10-23-21(24)19-5-1-16(2-6-19)13-17-3-7-20(8-4-17)26-15-18-9-12-25-14-18/h1-8,18H,9-15,22H2. The van der Waals surface area contributed by atoms with Gasteiger partial charge in [0.05, 0.1) is 26.3 Å². The van der Waals surface area contributed by atoms with E-state index in [0.717, 1.165) is 62.9 Å². The summed E-state index contributed by atoms with van der Waals surface area (Å²) < 4.78 is 11.2.